The molecule has 0 amide bonds. The Balaban J connectivity index is 1.59. The van der Waals surface area contributed by atoms with Gasteiger partial charge in [0.1, 0.15) is 5.76 Å². The number of pyridine rings is 1. The van der Waals surface area contributed by atoms with E-state index in [1.54, 1.807) is 12.4 Å². The van der Waals surface area contributed by atoms with Gasteiger partial charge in [0, 0.05) is 12.4 Å². The largest absolute Gasteiger partial charge is 0.452 e. The van der Waals surface area contributed by atoms with E-state index in [1.165, 1.54) is 0 Å². The second kappa shape index (κ2) is 5.92. The first kappa shape index (κ1) is 12.9. The third-order valence-corrected chi connectivity index (χ3v) is 3.21. The van der Waals surface area contributed by atoms with Crippen LogP contribution in [-0.4, -0.2) is 14.8 Å². The number of aromatic nitrogens is 3. The Hall–Kier alpha value is -2.08. The Morgan fingerprint density at radius 1 is 1.25 bits per heavy atom. The first-order valence-corrected chi connectivity index (χ1v) is 6.99. The quantitative estimate of drug-likeness (QED) is 0.778. The second-order valence-corrected chi connectivity index (χ2v) is 5.09. The maximum Gasteiger partial charge on any atom is 0.169 e. The van der Waals surface area contributed by atoms with Crippen LogP contribution in [0, 0.1) is 0 Å². The Kier molecular flexibility index (Phi) is 3.83. The summed E-state index contributed by atoms with van der Waals surface area (Å²) in [6, 6.07) is 9.66. The first-order chi connectivity index (χ1) is 9.79. The van der Waals surface area contributed by atoms with Crippen LogP contribution in [0.3, 0.4) is 0 Å². The summed E-state index contributed by atoms with van der Waals surface area (Å²) in [5.41, 5.74) is 1.94. The summed E-state index contributed by atoms with van der Waals surface area (Å²) in [7, 11) is 0. The lowest BCUT2D eigenvalue weighted by Gasteiger charge is -2.01. The molecule has 3 rings (SSSR count). The normalized spacial score (nSPS) is 10.7. The average molecular weight is 333 g/mol. The van der Waals surface area contributed by atoms with E-state index in [1.807, 2.05) is 41.2 Å². The monoisotopic (exact) mass is 332 g/mol. The highest BCUT2D eigenvalue weighted by molar-refractivity contribution is 9.10. The molecule has 5 nitrogen and oxygen atoms in total. The van der Waals surface area contributed by atoms with E-state index in [4.69, 9.17) is 4.42 Å². The fraction of sp³-hybridized carbons (Fsp3) is 0.143. The van der Waals surface area contributed by atoms with Crippen LogP contribution in [0.25, 0.3) is 0 Å². The second-order valence-electron chi connectivity index (χ2n) is 4.31. The predicted octanol–water partition coefficient (Wildman–Crippen LogP) is 3.29. The van der Waals surface area contributed by atoms with Crippen LogP contribution in [-0.2, 0) is 13.1 Å². The third-order valence-electron chi connectivity index (χ3n) is 2.78. The maximum absolute atomic E-state index is 5.42. The summed E-state index contributed by atoms with van der Waals surface area (Å²) in [5.74, 6) is 0.870. The molecule has 0 spiro atoms. The highest BCUT2D eigenvalue weighted by Gasteiger charge is 2.02. The molecule has 0 radical (unpaired) electrons. The smallest absolute Gasteiger partial charge is 0.169 e. The molecule has 0 aromatic carbocycles. The zero-order valence-electron chi connectivity index (χ0n) is 10.7. The zero-order valence-corrected chi connectivity index (χ0v) is 12.2. The van der Waals surface area contributed by atoms with Crippen molar-refractivity contribution in [3.8, 4) is 0 Å². The van der Waals surface area contributed by atoms with Crippen molar-refractivity contribution < 1.29 is 4.42 Å². The fourth-order valence-electron chi connectivity index (χ4n) is 1.83. The van der Waals surface area contributed by atoms with Gasteiger partial charge in [0.2, 0.25) is 0 Å². The van der Waals surface area contributed by atoms with Crippen LogP contribution >= 0.6 is 15.9 Å². The van der Waals surface area contributed by atoms with Gasteiger partial charge >= 0.3 is 0 Å². The van der Waals surface area contributed by atoms with E-state index in [-0.39, 0.29) is 0 Å². The van der Waals surface area contributed by atoms with Gasteiger partial charge in [-0.05, 0) is 40.2 Å². The summed E-state index contributed by atoms with van der Waals surface area (Å²) in [5, 5.41) is 7.57. The van der Waals surface area contributed by atoms with E-state index in [9.17, 15) is 0 Å². The van der Waals surface area contributed by atoms with E-state index < -0.39 is 0 Å². The zero-order chi connectivity index (χ0) is 13.8. The van der Waals surface area contributed by atoms with Crippen LogP contribution in [0.1, 0.15) is 11.5 Å². The van der Waals surface area contributed by atoms with Gasteiger partial charge in [0.25, 0.3) is 0 Å². The Morgan fingerprint density at radius 3 is 2.95 bits per heavy atom. The van der Waals surface area contributed by atoms with Crippen LogP contribution in [0.4, 0.5) is 5.69 Å². The molecular formula is C14H13BrN4O. The molecule has 3 aromatic heterocycles. The minimum Gasteiger partial charge on any atom is -0.452 e. The fourth-order valence-corrected chi connectivity index (χ4v) is 2.17. The van der Waals surface area contributed by atoms with Gasteiger partial charge in [0.15, 0.2) is 4.67 Å². The molecule has 0 unspecified atom stereocenters. The predicted molar refractivity (Wildman–Crippen MR) is 79.3 cm³/mol. The van der Waals surface area contributed by atoms with Crippen molar-refractivity contribution in [1.29, 1.82) is 0 Å². The topological polar surface area (TPSA) is 55.9 Å². The Morgan fingerprint density at radius 2 is 2.20 bits per heavy atom. The van der Waals surface area contributed by atoms with Crippen molar-refractivity contribution in [3.05, 3.63) is 65.0 Å². The Labute approximate surface area is 124 Å². The number of halogens is 1. The summed E-state index contributed by atoms with van der Waals surface area (Å²) >= 11 is 3.28. The molecule has 0 aliphatic rings. The number of rotatable bonds is 5. The van der Waals surface area contributed by atoms with Crippen molar-refractivity contribution in [2.45, 2.75) is 13.1 Å². The van der Waals surface area contributed by atoms with Crippen molar-refractivity contribution in [3.63, 3.8) is 0 Å². The van der Waals surface area contributed by atoms with Crippen LogP contribution < -0.4 is 5.32 Å². The van der Waals surface area contributed by atoms with Crippen molar-refractivity contribution in [2.24, 2.45) is 0 Å². The summed E-state index contributed by atoms with van der Waals surface area (Å²) in [6.45, 7) is 1.29. The number of hydrogen-bond acceptors (Lipinski definition) is 4. The molecule has 0 bridgehead atoms. The lowest BCUT2D eigenvalue weighted by Crippen LogP contribution is -2.01. The number of hydrogen-bond donors (Lipinski definition) is 1. The van der Waals surface area contributed by atoms with Crippen molar-refractivity contribution in [2.75, 3.05) is 5.32 Å². The molecule has 3 heterocycles. The molecule has 20 heavy (non-hydrogen) atoms. The van der Waals surface area contributed by atoms with Gasteiger partial charge in [-0.15, -0.1) is 0 Å². The van der Waals surface area contributed by atoms with Gasteiger partial charge in [-0.2, -0.15) is 5.10 Å². The molecule has 6 heteroatoms. The first-order valence-electron chi connectivity index (χ1n) is 6.20. The van der Waals surface area contributed by atoms with Crippen LogP contribution in [0.5, 0.6) is 0 Å². The molecule has 0 atom stereocenters. The number of anilines is 1. The molecule has 0 saturated carbocycles. The van der Waals surface area contributed by atoms with Gasteiger partial charge in [-0.25, -0.2) is 0 Å². The third kappa shape index (κ3) is 3.27. The minimum atomic E-state index is 0.626. The van der Waals surface area contributed by atoms with Crippen LogP contribution in [0.2, 0.25) is 0 Å². The summed E-state index contributed by atoms with van der Waals surface area (Å²) in [4.78, 5) is 4.28. The summed E-state index contributed by atoms with van der Waals surface area (Å²) in [6.07, 6.45) is 5.53. The number of nitrogens with one attached hydrogen (secondary N) is 1. The van der Waals surface area contributed by atoms with E-state index in [0.717, 1.165) is 21.8 Å². The molecule has 0 fully saturated rings. The van der Waals surface area contributed by atoms with Crippen molar-refractivity contribution in [1.82, 2.24) is 14.8 Å². The van der Waals surface area contributed by atoms with Crippen LogP contribution in [0.15, 0.2) is 58.0 Å². The molecule has 102 valence electrons. The highest BCUT2D eigenvalue weighted by atomic mass is 79.9. The molecule has 0 aliphatic carbocycles. The lowest BCUT2D eigenvalue weighted by atomic mass is 10.3. The van der Waals surface area contributed by atoms with E-state index in [2.05, 4.69) is 31.3 Å². The molecular weight excluding hydrogens is 320 g/mol. The SMILES string of the molecule is Brc1ccc(CNc2cnn(Cc3ccccn3)c2)o1. The van der Waals surface area contributed by atoms with E-state index in [0.29, 0.717) is 13.1 Å². The Bertz CT molecular complexity index is 677. The molecule has 1 N–H and O–H groups in total. The maximum atomic E-state index is 5.42. The lowest BCUT2D eigenvalue weighted by molar-refractivity contribution is 0.495. The molecule has 0 aliphatic heterocycles. The van der Waals surface area contributed by atoms with Gasteiger partial charge in [-0.3, -0.25) is 9.67 Å². The highest BCUT2D eigenvalue weighted by Crippen LogP contribution is 2.15. The molecule has 3 aromatic rings. The minimum absolute atomic E-state index is 0.626. The number of nitrogens with zero attached hydrogens (tertiary/aromatic N) is 3. The number of furan rings is 1. The standard InChI is InChI=1S/C14H13BrN4O/c15-14-5-4-13(20-14)8-17-12-7-18-19(10-12)9-11-3-1-2-6-16-11/h1-7,10,17H,8-9H2. The molecule has 0 saturated heterocycles. The van der Waals surface area contributed by atoms with Crippen molar-refractivity contribution >= 4 is 21.6 Å². The average Bonchev–Trinajstić information content (AvgIpc) is 3.07. The van der Waals surface area contributed by atoms with Gasteiger partial charge < -0.3 is 9.73 Å². The van der Waals surface area contributed by atoms with Gasteiger partial charge in [-0.1, -0.05) is 6.07 Å². The summed E-state index contributed by atoms with van der Waals surface area (Å²) < 4.78 is 8.01. The van der Waals surface area contributed by atoms with E-state index >= 15 is 0 Å². The van der Waals surface area contributed by atoms with Gasteiger partial charge in [0.05, 0.1) is 30.7 Å².